The van der Waals surface area contributed by atoms with Gasteiger partial charge in [-0.2, -0.15) is 4.98 Å². The van der Waals surface area contributed by atoms with Crippen LogP contribution in [-0.4, -0.2) is 21.8 Å². The third-order valence-electron chi connectivity index (χ3n) is 5.07. The van der Waals surface area contributed by atoms with Crippen molar-refractivity contribution in [3.63, 3.8) is 0 Å². The highest BCUT2D eigenvalue weighted by atomic mass is 32.1. The summed E-state index contributed by atoms with van der Waals surface area (Å²) in [6.07, 6.45) is 1.32. The molecular formula is C19H18N4O3S. The van der Waals surface area contributed by atoms with E-state index < -0.39 is 11.3 Å². The van der Waals surface area contributed by atoms with Crippen molar-refractivity contribution in [3.05, 3.63) is 63.6 Å². The summed E-state index contributed by atoms with van der Waals surface area (Å²) in [5.41, 5.74) is 12.4. The Hall–Kier alpha value is -3.00. The number of Topliss-reactive ketones (excluding diaryl/α,β-unsaturated/α-hetero) is 1. The van der Waals surface area contributed by atoms with Gasteiger partial charge in [0.05, 0.1) is 20.9 Å². The first-order valence-electron chi connectivity index (χ1n) is 8.53. The Morgan fingerprint density at radius 3 is 2.70 bits per heavy atom. The fraction of sp³-hybridized carbons (Fsp3) is 0.263. The molecule has 138 valence electrons. The Balaban J connectivity index is 1.86. The Kier molecular flexibility index (Phi) is 4.07. The summed E-state index contributed by atoms with van der Waals surface area (Å²) in [7, 11) is 0. The molecule has 2 heterocycles. The summed E-state index contributed by atoms with van der Waals surface area (Å²) in [5.74, 6) is 0.244. The molecule has 2 aromatic heterocycles. The lowest BCUT2D eigenvalue weighted by Gasteiger charge is -2.35. The van der Waals surface area contributed by atoms with Crippen LogP contribution in [0.1, 0.15) is 49.3 Å². The van der Waals surface area contributed by atoms with Gasteiger partial charge in [0.1, 0.15) is 0 Å². The Morgan fingerprint density at radius 2 is 2.07 bits per heavy atom. The van der Waals surface area contributed by atoms with E-state index in [1.807, 2.05) is 30.3 Å². The highest BCUT2D eigenvalue weighted by molar-refractivity contribution is 7.18. The predicted octanol–water partition coefficient (Wildman–Crippen LogP) is 2.43. The van der Waals surface area contributed by atoms with Gasteiger partial charge in [0.2, 0.25) is 5.89 Å². The maximum atomic E-state index is 13.7. The van der Waals surface area contributed by atoms with Gasteiger partial charge in [0, 0.05) is 6.42 Å². The van der Waals surface area contributed by atoms with Gasteiger partial charge in [-0.05, 0) is 30.9 Å². The van der Waals surface area contributed by atoms with Crippen LogP contribution in [0.25, 0.3) is 0 Å². The summed E-state index contributed by atoms with van der Waals surface area (Å²) < 4.78 is 5.31. The number of benzene rings is 1. The second-order valence-electron chi connectivity index (χ2n) is 6.70. The van der Waals surface area contributed by atoms with E-state index in [4.69, 9.17) is 16.0 Å². The van der Waals surface area contributed by atoms with Crippen molar-refractivity contribution >= 4 is 28.0 Å². The lowest BCUT2D eigenvalue weighted by molar-refractivity contribution is 0.0854. The molecule has 0 radical (unpaired) electrons. The van der Waals surface area contributed by atoms with Gasteiger partial charge in [-0.15, -0.1) is 11.3 Å². The smallest absolute Gasteiger partial charge is 0.251 e. The first-order valence-corrected chi connectivity index (χ1v) is 9.34. The molecule has 0 saturated heterocycles. The van der Waals surface area contributed by atoms with Gasteiger partial charge in [0.25, 0.3) is 5.91 Å². The number of amides is 1. The molecule has 1 amide bonds. The number of carbonyl (C=O) groups is 2. The van der Waals surface area contributed by atoms with Crippen LogP contribution in [0, 0.1) is 6.92 Å². The first-order chi connectivity index (χ1) is 12.9. The van der Waals surface area contributed by atoms with Crippen LogP contribution in [-0.2, 0) is 18.3 Å². The zero-order chi connectivity index (χ0) is 19.2. The summed E-state index contributed by atoms with van der Waals surface area (Å²) in [6.45, 7) is 1.74. The van der Waals surface area contributed by atoms with Crippen molar-refractivity contribution in [2.24, 2.45) is 5.73 Å². The van der Waals surface area contributed by atoms with Crippen molar-refractivity contribution in [1.29, 1.82) is 0 Å². The van der Waals surface area contributed by atoms with Crippen LogP contribution in [0.5, 0.6) is 0 Å². The van der Waals surface area contributed by atoms with Gasteiger partial charge >= 0.3 is 0 Å². The van der Waals surface area contributed by atoms with E-state index in [9.17, 15) is 9.59 Å². The van der Waals surface area contributed by atoms with Gasteiger partial charge < -0.3 is 16.0 Å². The molecule has 0 aliphatic heterocycles. The minimum absolute atomic E-state index is 0.0880. The molecular weight excluding hydrogens is 364 g/mol. The minimum Gasteiger partial charge on any atom is -0.390 e. The monoisotopic (exact) mass is 382 g/mol. The molecule has 0 fully saturated rings. The number of nitrogens with zero attached hydrogens (tertiary/aromatic N) is 2. The Morgan fingerprint density at radius 1 is 1.33 bits per heavy atom. The Labute approximate surface area is 159 Å². The third kappa shape index (κ3) is 2.73. The number of aromatic nitrogens is 2. The molecule has 1 unspecified atom stereocenters. The number of ketones is 1. The summed E-state index contributed by atoms with van der Waals surface area (Å²) in [6, 6.07) is 9.56. The molecule has 0 spiro atoms. The van der Waals surface area contributed by atoms with Crippen molar-refractivity contribution in [2.45, 2.75) is 31.6 Å². The molecule has 1 aliphatic carbocycles. The maximum absolute atomic E-state index is 13.7. The first kappa shape index (κ1) is 17.4. The Bertz CT molecular complexity index is 1040. The molecule has 3 aromatic rings. The van der Waals surface area contributed by atoms with E-state index in [2.05, 4.69) is 10.1 Å². The molecule has 1 aromatic carbocycles. The van der Waals surface area contributed by atoms with Crippen molar-refractivity contribution in [1.82, 2.24) is 10.1 Å². The average Bonchev–Trinajstić information content (AvgIpc) is 3.21. The number of hydrogen-bond donors (Lipinski definition) is 2. The fourth-order valence-electron chi connectivity index (χ4n) is 3.82. The molecule has 4 N–H and O–H groups in total. The number of nitrogens with two attached hydrogens (primary N) is 2. The summed E-state index contributed by atoms with van der Waals surface area (Å²) in [4.78, 5) is 30.2. The van der Waals surface area contributed by atoms with Crippen molar-refractivity contribution < 1.29 is 14.1 Å². The molecule has 27 heavy (non-hydrogen) atoms. The number of thiophene rings is 1. The van der Waals surface area contributed by atoms with E-state index in [1.54, 1.807) is 6.92 Å². The standard InChI is InChI=1S/C19H18N4O3S/c1-10-22-13(26-23-10)9-19(11-5-3-2-4-6-11)8-7-12-14(17(20)25)18(21)27-15(12)16(19)24/h2-6H,7-9,21H2,1H3,(H2,20,25). The van der Waals surface area contributed by atoms with E-state index in [0.717, 1.165) is 16.9 Å². The van der Waals surface area contributed by atoms with E-state index >= 15 is 0 Å². The third-order valence-corrected chi connectivity index (χ3v) is 6.13. The predicted molar refractivity (Wildman–Crippen MR) is 101 cm³/mol. The fourth-order valence-corrected chi connectivity index (χ4v) is 4.98. The van der Waals surface area contributed by atoms with Crippen LogP contribution < -0.4 is 11.5 Å². The maximum Gasteiger partial charge on any atom is 0.251 e. The topological polar surface area (TPSA) is 125 Å². The molecule has 1 atom stereocenters. The molecule has 0 saturated carbocycles. The van der Waals surface area contributed by atoms with Gasteiger partial charge in [-0.1, -0.05) is 35.5 Å². The number of rotatable bonds is 4. The molecule has 1 aliphatic rings. The number of anilines is 1. The van der Waals surface area contributed by atoms with E-state index in [-0.39, 0.29) is 11.3 Å². The highest BCUT2D eigenvalue weighted by Crippen LogP contribution is 2.46. The van der Waals surface area contributed by atoms with E-state index in [1.165, 1.54) is 0 Å². The molecule has 7 nitrogen and oxygen atoms in total. The summed E-state index contributed by atoms with van der Waals surface area (Å²) >= 11 is 1.13. The average molecular weight is 382 g/mol. The van der Waals surface area contributed by atoms with Crippen LogP contribution in [0.3, 0.4) is 0 Å². The quantitative estimate of drug-likeness (QED) is 0.714. The number of primary amides is 1. The number of aryl methyl sites for hydroxylation is 1. The van der Waals surface area contributed by atoms with Crippen LogP contribution in [0.4, 0.5) is 5.00 Å². The highest BCUT2D eigenvalue weighted by Gasteiger charge is 2.47. The number of nitrogen functional groups attached to an aromatic ring is 1. The van der Waals surface area contributed by atoms with Gasteiger partial charge in [0.15, 0.2) is 11.6 Å². The molecule has 4 rings (SSSR count). The summed E-state index contributed by atoms with van der Waals surface area (Å²) in [5, 5.41) is 4.13. The number of hydrogen-bond acceptors (Lipinski definition) is 7. The zero-order valence-corrected chi connectivity index (χ0v) is 15.5. The van der Waals surface area contributed by atoms with Crippen molar-refractivity contribution in [2.75, 3.05) is 5.73 Å². The molecule has 8 heteroatoms. The lowest BCUT2D eigenvalue weighted by atomic mass is 9.66. The number of fused-ring (bicyclic) bond motifs is 1. The number of carbonyl (C=O) groups excluding carboxylic acids is 2. The normalized spacial score (nSPS) is 19.1. The van der Waals surface area contributed by atoms with Crippen LogP contribution in [0.15, 0.2) is 34.9 Å². The molecule has 0 bridgehead atoms. The lowest BCUT2D eigenvalue weighted by Crippen LogP contribution is -2.42. The largest absolute Gasteiger partial charge is 0.390 e. The zero-order valence-electron chi connectivity index (χ0n) is 14.7. The minimum atomic E-state index is -0.848. The second-order valence-corrected chi connectivity index (χ2v) is 7.75. The van der Waals surface area contributed by atoms with Gasteiger partial charge in [-0.3, -0.25) is 9.59 Å². The van der Waals surface area contributed by atoms with Crippen LogP contribution in [0.2, 0.25) is 0 Å². The second kappa shape index (κ2) is 6.31. The van der Waals surface area contributed by atoms with E-state index in [0.29, 0.717) is 46.4 Å². The van der Waals surface area contributed by atoms with Gasteiger partial charge in [-0.25, -0.2) is 0 Å². The SMILES string of the molecule is Cc1noc(CC2(c3ccccc3)CCc3c(sc(N)c3C(N)=O)C2=O)n1. The van der Waals surface area contributed by atoms with Crippen LogP contribution >= 0.6 is 11.3 Å². The van der Waals surface area contributed by atoms with Crippen molar-refractivity contribution in [3.8, 4) is 0 Å².